The van der Waals surface area contributed by atoms with Crippen LogP contribution < -0.4 is 28.4 Å². The number of aryl methyl sites for hydroxylation is 4. The van der Waals surface area contributed by atoms with Crippen LogP contribution in [0, 0.1) is 14.9 Å². The van der Waals surface area contributed by atoms with Crippen molar-refractivity contribution in [2.24, 2.45) is 20.5 Å². The summed E-state index contributed by atoms with van der Waals surface area (Å²) in [7, 11) is 3.44. The van der Waals surface area contributed by atoms with Crippen molar-refractivity contribution < 1.29 is 18.6 Å². The molecule has 0 spiro atoms. The molecule has 0 N–H and O–H groups in total. The second kappa shape index (κ2) is 18.0. The van der Waals surface area contributed by atoms with Gasteiger partial charge in [-0.1, -0.05) is 10.2 Å². The molecule has 5 rings (SSSR count). The quantitative estimate of drug-likeness (QED) is 0.0882. The molecule has 2 aromatic carbocycles. The molecule has 0 aliphatic carbocycles. The minimum absolute atomic E-state index is 0. The second-order valence-corrected chi connectivity index (χ2v) is 11.1. The fourth-order valence-corrected chi connectivity index (χ4v) is 5.93. The molecule has 48 heavy (non-hydrogen) atoms. The molecule has 0 atom stereocenters. The predicted octanol–water partition coefficient (Wildman–Crippen LogP) is 7.80. The van der Waals surface area contributed by atoms with Crippen molar-refractivity contribution in [2.75, 3.05) is 50.2 Å². The van der Waals surface area contributed by atoms with Crippen LogP contribution in [0.4, 0.5) is 34.6 Å². The summed E-state index contributed by atoms with van der Waals surface area (Å²) in [6, 6.07) is 12.2. The number of benzene rings is 2. The zero-order chi connectivity index (χ0) is 32.5. The second-order valence-electron chi connectivity index (χ2n) is 11.1. The van der Waals surface area contributed by atoms with Crippen LogP contribution in [-0.4, -0.2) is 49.5 Å². The summed E-state index contributed by atoms with van der Waals surface area (Å²) in [6.07, 6.45) is 10.1. The minimum atomic E-state index is 0. The smallest absolute Gasteiger partial charge is 0.421 e. The molecular formula is C36H54N10O2. The van der Waals surface area contributed by atoms with Crippen molar-refractivity contribution in [3.63, 3.8) is 0 Å². The normalized spacial score (nSPS) is 13.7. The van der Waals surface area contributed by atoms with Gasteiger partial charge < -0.3 is 34.1 Å². The number of anilines is 2. The molecule has 1 saturated heterocycles. The van der Waals surface area contributed by atoms with Gasteiger partial charge in [0.2, 0.25) is 0 Å². The van der Waals surface area contributed by atoms with E-state index in [1.54, 1.807) is 14.2 Å². The highest BCUT2D eigenvalue weighted by Gasteiger charge is 2.21. The van der Waals surface area contributed by atoms with Gasteiger partial charge >= 0.3 is 11.9 Å². The zero-order valence-electron chi connectivity index (χ0n) is 30.1. The van der Waals surface area contributed by atoms with Crippen LogP contribution in [0.25, 0.3) is 0 Å². The summed E-state index contributed by atoms with van der Waals surface area (Å²) in [5.41, 5.74) is 3.70. The number of ether oxygens (including phenoxy) is 2. The number of aromatic nitrogens is 4. The molecule has 12 heteroatoms. The molecular weight excluding hydrogens is 604 g/mol. The minimum Gasteiger partial charge on any atom is -0.495 e. The van der Waals surface area contributed by atoms with Gasteiger partial charge in [0.15, 0.2) is 0 Å². The number of nitrogens with zero attached hydrogens (tertiary/aromatic N) is 10. The van der Waals surface area contributed by atoms with Gasteiger partial charge in [-0.2, -0.15) is 0 Å². The van der Waals surface area contributed by atoms with E-state index in [-0.39, 0.29) is 14.9 Å². The number of methoxy groups -OCH3 is 2. The third kappa shape index (κ3) is 8.39. The maximum atomic E-state index is 5.84. The van der Waals surface area contributed by atoms with Crippen LogP contribution in [0.5, 0.6) is 11.5 Å². The highest BCUT2D eigenvalue weighted by Crippen LogP contribution is 2.36. The fourth-order valence-electron chi connectivity index (χ4n) is 5.93. The monoisotopic (exact) mass is 658 g/mol. The molecule has 0 amide bonds. The Labute approximate surface area is 287 Å². The van der Waals surface area contributed by atoms with Gasteiger partial charge in [0.05, 0.1) is 76.6 Å². The van der Waals surface area contributed by atoms with Crippen molar-refractivity contribution >= 4 is 34.6 Å². The Morgan fingerprint density at radius 2 is 1.00 bits per heavy atom. The summed E-state index contributed by atoms with van der Waals surface area (Å²) in [6.45, 7) is 15.4. The molecule has 0 unspecified atom stereocenters. The predicted molar refractivity (Wildman–Crippen MR) is 193 cm³/mol. The average molecular weight is 659 g/mol. The number of azo groups is 2. The lowest BCUT2D eigenvalue weighted by molar-refractivity contribution is -0.680. The van der Waals surface area contributed by atoms with Crippen LogP contribution >= 0.6 is 0 Å². The van der Waals surface area contributed by atoms with E-state index in [2.05, 4.69) is 88.4 Å². The molecule has 0 saturated carbocycles. The van der Waals surface area contributed by atoms with E-state index in [0.717, 1.165) is 111 Å². The van der Waals surface area contributed by atoms with E-state index in [0.29, 0.717) is 0 Å². The van der Waals surface area contributed by atoms with Crippen LogP contribution in [0.15, 0.2) is 81.6 Å². The number of imidazole rings is 2. The van der Waals surface area contributed by atoms with E-state index in [1.165, 1.54) is 0 Å². The number of hydrogen-bond donors (Lipinski definition) is 0. The van der Waals surface area contributed by atoms with Crippen molar-refractivity contribution in [1.82, 2.24) is 9.13 Å². The summed E-state index contributed by atoms with van der Waals surface area (Å²) in [4.78, 5) is 4.83. The Hall–Kier alpha value is -4.74. The Balaban J connectivity index is 0.00000312. The van der Waals surface area contributed by atoms with Gasteiger partial charge in [0.25, 0.3) is 0 Å². The highest BCUT2D eigenvalue weighted by atomic mass is 16.5. The summed E-state index contributed by atoms with van der Waals surface area (Å²) < 4.78 is 20.0. The zero-order valence-corrected chi connectivity index (χ0v) is 30.1. The van der Waals surface area contributed by atoms with Gasteiger partial charge in [0, 0.05) is 48.5 Å². The largest absolute Gasteiger partial charge is 0.495 e. The highest BCUT2D eigenvalue weighted by molar-refractivity contribution is 5.65. The summed E-state index contributed by atoms with van der Waals surface area (Å²) in [5.74, 6) is 3.30. The molecule has 0 radical (unpaired) electrons. The Kier molecular flexibility index (Phi) is 14.1. The van der Waals surface area contributed by atoms with E-state index in [4.69, 9.17) is 9.47 Å². The van der Waals surface area contributed by atoms with Crippen molar-refractivity contribution in [3.8, 4) is 11.5 Å². The molecule has 4 aromatic rings. The van der Waals surface area contributed by atoms with Crippen molar-refractivity contribution in [1.29, 1.82) is 0 Å². The average Bonchev–Trinajstić information content (AvgIpc) is 3.69. The third-order valence-electron chi connectivity index (χ3n) is 8.47. The molecule has 12 nitrogen and oxygen atoms in total. The van der Waals surface area contributed by atoms with Crippen molar-refractivity contribution in [3.05, 3.63) is 76.0 Å². The van der Waals surface area contributed by atoms with E-state index in [1.807, 2.05) is 49.1 Å². The maximum Gasteiger partial charge on any atom is 0.421 e. The molecule has 0 bridgehead atoms. The Morgan fingerprint density at radius 1 is 0.604 bits per heavy atom. The first kappa shape index (κ1) is 37.7. The van der Waals surface area contributed by atoms with E-state index in [9.17, 15) is 0 Å². The van der Waals surface area contributed by atoms with Crippen LogP contribution in [0.2, 0.25) is 0 Å². The van der Waals surface area contributed by atoms with E-state index >= 15 is 0 Å². The fraction of sp³-hybridized carbons (Fsp3) is 0.444. The van der Waals surface area contributed by atoms with Crippen molar-refractivity contribution in [2.45, 2.75) is 66.7 Å². The summed E-state index contributed by atoms with van der Waals surface area (Å²) in [5, 5.41) is 18.2. The van der Waals surface area contributed by atoms with Gasteiger partial charge in [-0.3, -0.25) is 0 Å². The topological polar surface area (TPSA) is 92.0 Å². The van der Waals surface area contributed by atoms with Gasteiger partial charge in [0.1, 0.15) is 22.9 Å². The molecule has 1 aliphatic rings. The first-order chi connectivity index (χ1) is 22.5. The van der Waals surface area contributed by atoms with Gasteiger partial charge in [-0.25, -0.2) is 18.3 Å². The lowest BCUT2D eigenvalue weighted by atomic mass is 10.1. The maximum absolute atomic E-state index is 5.84. The molecule has 1 aliphatic heterocycles. The lowest BCUT2D eigenvalue weighted by Crippen LogP contribution is -2.37. The summed E-state index contributed by atoms with van der Waals surface area (Å²) >= 11 is 0. The van der Waals surface area contributed by atoms with Gasteiger partial charge in [-0.15, -0.1) is 0 Å². The number of rotatable bonds is 12. The molecule has 3 heterocycles. The van der Waals surface area contributed by atoms with Crippen LogP contribution in [0.3, 0.4) is 0 Å². The lowest BCUT2D eigenvalue weighted by Gasteiger charge is -2.34. The first-order valence-electron chi connectivity index (χ1n) is 16.4. The molecule has 2 aromatic heterocycles. The molecule has 260 valence electrons. The number of hydrogen-bond acceptors (Lipinski definition) is 8. The standard InChI is InChI=1S/C34H48N10O2.2CH3/c1-7-39-21-22-40(8-2)33(39)37-35-27-13-15-29(31(25-27)45-5)43-17-11-19-44(20-12-18-43)30-16-14-28(26-32(30)46-6)36-38-34-41(9-3)23-24-42(34)10-4;;/h13-16,21-26H,7-12,17-20H2,1-6H3;2*1H3/q+2;2*-1. The van der Waals surface area contributed by atoms with Gasteiger partial charge in [-0.05, 0) is 64.8 Å². The van der Waals surface area contributed by atoms with Crippen LogP contribution in [0.1, 0.15) is 40.5 Å². The molecule has 1 fully saturated rings. The SMILES string of the molecule is CCn1cc[n+](CC)c1N=Nc1ccc(N2CCCN(c3ccc(N=Nc4n(CC)cc[n+]4CC)cc3OC)CCC2)c(OC)c1.[CH3-].[CH3-]. The van der Waals surface area contributed by atoms with E-state index < -0.39 is 0 Å². The Morgan fingerprint density at radius 3 is 1.33 bits per heavy atom. The third-order valence-corrected chi connectivity index (χ3v) is 8.47. The first-order valence-corrected chi connectivity index (χ1v) is 16.4. The van der Waals surface area contributed by atoms with Crippen LogP contribution in [-0.2, 0) is 26.2 Å². The Bertz CT molecular complexity index is 1490.